The van der Waals surface area contributed by atoms with Crippen LogP contribution in [0.2, 0.25) is 0 Å². The fourth-order valence-corrected chi connectivity index (χ4v) is 1.67. The van der Waals surface area contributed by atoms with Gasteiger partial charge in [0.1, 0.15) is 12.2 Å². The average Bonchev–Trinajstić information content (AvgIpc) is 2.29. The van der Waals surface area contributed by atoms with Crippen LogP contribution in [0.15, 0.2) is 30.3 Å². The van der Waals surface area contributed by atoms with Gasteiger partial charge in [0.2, 0.25) is 0 Å². The van der Waals surface area contributed by atoms with Crippen molar-refractivity contribution in [2.75, 3.05) is 0 Å². The first-order valence-corrected chi connectivity index (χ1v) is 5.01. The molecular formula is C12H12O5. The van der Waals surface area contributed by atoms with E-state index in [-0.39, 0.29) is 12.7 Å². The zero-order valence-corrected chi connectivity index (χ0v) is 8.95. The van der Waals surface area contributed by atoms with Crippen LogP contribution in [0.25, 0.3) is 0 Å². The largest absolute Gasteiger partial charge is 0.481 e. The molecule has 0 saturated carbocycles. The van der Waals surface area contributed by atoms with Crippen molar-refractivity contribution in [2.24, 2.45) is 5.92 Å². The predicted molar refractivity (Wildman–Crippen MR) is 58.6 cm³/mol. The third-order valence-corrected chi connectivity index (χ3v) is 2.49. The molecule has 0 aliphatic rings. The summed E-state index contributed by atoms with van der Waals surface area (Å²) in [6, 6.07) is 8.32. The van der Waals surface area contributed by atoms with Gasteiger partial charge in [-0.1, -0.05) is 30.3 Å². The molecular weight excluding hydrogens is 224 g/mol. The molecule has 0 radical (unpaired) electrons. The predicted octanol–water partition coefficient (Wildman–Crippen LogP) is 1.14. The van der Waals surface area contributed by atoms with E-state index in [4.69, 9.17) is 10.2 Å². The molecule has 0 aromatic heterocycles. The number of carboxylic acid groups (broad SMARTS) is 2. The van der Waals surface area contributed by atoms with Crippen LogP contribution >= 0.6 is 0 Å². The zero-order valence-electron chi connectivity index (χ0n) is 8.95. The van der Waals surface area contributed by atoms with Crippen molar-refractivity contribution in [3.63, 3.8) is 0 Å². The third kappa shape index (κ3) is 3.41. The van der Waals surface area contributed by atoms with Gasteiger partial charge >= 0.3 is 11.9 Å². The zero-order chi connectivity index (χ0) is 12.8. The quantitative estimate of drug-likeness (QED) is 0.571. The smallest absolute Gasteiger partial charge is 0.314 e. The molecule has 0 heterocycles. The highest BCUT2D eigenvalue weighted by atomic mass is 16.4. The topological polar surface area (TPSA) is 91.7 Å². The molecule has 2 unspecified atom stereocenters. The lowest BCUT2D eigenvalue weighted by Gasteiger charge is -2.18. The first kappa shape index (κ1) is 12.9. The van der Waals surface area contributed by atoms with Crippen molar-refractivity contribution in [1.82, 2.24) is 0 Å². The van der Waals surface area contributed by atoms with Crippen molar-refractivity contribution >= 4 is 18.2 Å². The van der Waals surface area contributed by atoms with E-state index in [1.54, 1.807) is 30.3 Å². The fraction of sp³-hybridized carbons (Fsp3) is 0.250. The van der Waals surface area contributed by atoms with Gasteiger partial charge in [-0.25, -0.2) is 0 Å². The summed E-state index contributed by atoms with van der Waals surface area (Å²) < 4.78 is 0. The minimum atomic E-state index is -1.34. The molecule has 5 heteroatoms. The number of carboxylic acids is 2. The lowest BCUT2D eigenvalue weighted by Crippen LogP contribution is -2.25. The minimum Gasteiger partial charge on any atom is -0.481 e. The Bertz CT molecular complexity index is 412. The van der Waals surface area contributed by atoms with E-state index in [0.29, 0.717) is 5.56 Å². The summed E-state index contributed by atoms with van der Waals surface area (Å²) in [7, 11) is 0. The van der Waals surface area contributed by atoms with Gasteiger partial charge in [0, 0.05) is 5.92 Å². The van der Waals surface area contributed by atoms with Crippen LogP contribution in [0, 0.1) is 5.92 Å². The van der Waals surface area contributed by atoms with E-state index in [2.05, 4.69) is 0 Å². The van der Waals surface area contributed by atoms with Crippen LogP contribution in [0.4, 0.5) is 0 Å². The normalized spacial score (nSPS) is 13.6. The molecule has 0 bridgehead atoms. The number of carbonyl (C=O) groups is 3. The third-order valence-electron chi connectivity index (χ3n) is 2.49. The number of aliphatic carboxylic acids is 2. The second-order valence-electron chi connectivity index (χ2n) is 3.62. The molecule has 2 atom stereocenters. The van der Waals surface area contributed by atoms with Crippen LogP contribution in [-0.4, -0.2) is 28.4 Å². The number of hydrogen-bond acceptors (Lipinski definition) is 3. The highest BCUT2D eigenvalue weighted by Crippen LogP contribution is 2.27. The maximum atomic E-state index is 10.9. The lowest BCUT2D eigenvalue weighted by molar-refractivity contribution is -0.145. The minimum absolute atomic E-state index is 0.281. The highest BCUT2D eigenvalue weighted by molar-refractivity contribution is 5.88. The van der Waals surface area contributed by atoms with Crippen molar-refractivity contribution < 1.29 is 24.6 Å². The maximum Gasteiger partial charge on any atom is 0.314 e. The average molecular weight is 236 g/mol. The van der Waals surface area contributed by atoms with Crippen LogP contribution in [-0.2, 0) is 14.4 Å². The molecule has 1 aromatic carbocycles. The molecule has 0 fully saturated rings. The molecule has 90 valence electrons. The molecule has 1 aromatic rings. The van der Waals surface area contributed by atoms with Crippen molar-refractivity contribution in [3.8, 4) is 0 Å². The Morgan fingerprint density at radius 1 is 1.18 bits per heavy atom. The van der Waals surface area contributed by atoms with Crippen LogP contribution < -0.4 is 0 Å². The number of hydrogen-bond donors (Lipinski definition) is 2. The van der Waals surface area contributed by atoms with Gasteiger partial charge in [-0.3, -0.25) is 9.59 Å². The first-order chi connectivity index (χ1) is 8.06. The summed E-state index contributed by atoms with van der Waals surface area (Å²) in [5.74, 6) is -4.63. The molecule has 0 saturated heterocycles. The molecule has 17 heavy (non-hydrogen) atoms. The van der Waals surface area contributed by atoms with E-state index in [1.165, 1.54) is 0 Å². The van der Waals surface area contributed by atoms with Gasteiger partial charge in [0.15, 0.2) is 0 Å². The Morgan fingerprint density at radius 3 is 2.18 bits per heavy atom. The van der Waals surface area contributed by atoms with Gasteiger partial charge in [0.05, 0.1) is 6.42 Å². The Morgan fingerprint density at radius 2 is 1.76 bits per heavy atom. The second kappa shape index (κ2) is 5.79. The van der Waals surface area contributed by atoms with Crippen LogP contribution in [0.5, 0.6) is 0 Å². The summed E-state index contributed by atoms with van der Waals surface area (Å²) in [6.45, 7) is 0. The number of carbonyl (C=O) groups excluding carboxylic acids is 1. The Balaban J connectivity index is 3.07. The summed E-state index contributed by atoms with van der Waals surface area (Å²) in [5.41, 5.74) is 0.536. The van der Waals surface area contributed by atoms with Crippen molar-refractivity contribution in [3.05, 3.63) is 35.9 Å². The standard InChI is InChI=1S/C12H12O5/c13-7-10(12(16)17)9(6-11(14)15)8-4-2-1-3-5-8/h1-5,7,9-10H,6H2,(H,14,15)(H,16,17). The van der Waals surface area contributed by atoms with Gasteiger partial charge in [0.25, 0.3) is 0 Å². The Kier molecular flexibility index (Phi) is 4.39. The van der Waals surface area contributed by atoms with Crippen LogP contribution in [0.1, 0.15) is 17.9 Å². The number of aldehydes is 1. The van der Waals surface area contributed by atoms with E-state index in [0.717, 1.165) is 0 Å². The van der Waals surface area contributed by atoms with Gasteiger partial charge < -0.3 is 15.0 Å². The number of benzene rings is 1. The monoisotopic (exact) mass is 236 g/mol. The molecule has 0 spiro atoms. The molecule has 2 N–H and O–H groups in total. The molecule has 5 nitrogen and oxygen atoms in total. The fourth-order valence-electron chi connectivity index (χ4n) is 1.67. The second-order valence-corrected chi connectivity index (χ2v) is 3.62. The lowest BCUT2D eigenvalue weighted by atomic mass is 9.84. The first-order valence-electron chi connectivity index (χ1n) is 5.01. The van der Waals surface area contributed by atoms with E-state index >= 15 is 0 Å². The molecule has 0 aliphatic heterocycles. The SMILES string of the molecule is O=CC(C(=O)O)C(CC(=O)O)c1ccccc1. The van der Waals surface area contributed by atoms with E-state index in [1.807, 2.05) is 0 Å². The van der Waals surface area contributed by atoms with Gasteiger partial charge in [-0.05, 0) is 5.56 Å². The molecule has 0 amide bonds. The van der Waals surface area contributed by atoms with Crippen molar-refractivity contribution in [2.45, 2.75) is 12.3 Å². The van der Waals surface area contributed by atoms with Crippen molar-refractivity contribution in [1.29, 1.82) is 0 Å². The molecule has 0 aliphatic carbocycles. The van der Waals surface area contributed by atoms with E-state index in [9.17, 15) is 14.4 Å². The molecule has 1 rings (SSSR count). The maximum absolute atomic E-state index is 10.9. The summed E-state index contributed by atoms with van der Waals surface area (Å²) in [5, 5.41) is 17.7. The highest BCUT2D eigenvalue weighted by Gasteiger charge is 2.30. The van der Waals surface area contributed by atoms with Gasteiger partial charge in [-0.15, -0.1) is 0 Å². The summed E-state index contributed by atoms with van der Waals surface area (Å²) >= 11 is 0. The summed E-state index contributed by atoms with van der Waals surface area (Å²) in [6.07, 6.45) is -0.108. The number of rotatable bonds is 6. The van der Waals surface area contributed by atoms with E-state index < -0.39 is 23.8 Å². The Hall–Kier alpha value is -2.17. The van der Waals surface area contributed by atoms with Crippen LogP contribution in [0.3, 0.4) is 0 Å². The summed E-state index contributed by atoms with van der Waals surface area (Å²) in [4.78, 5) is 32.4. The Labute approximate surface area is 97.7 Å². The van der Waals surface area contributed by atoms with Gasteiger partial charge in [-0.2, -0.15) is 0 Å².